The monoisotopic (exact) mass is 391 g/mol. The van der Waals surface area contributed by atoms with Gasteiger partial charge in [-0.15, -0.1) is 0 Å². The summed E-state index contributed by atoms with van der Waals surface area (Å²) in [6.45, 7) is 4.99. The van der Waals surface area contributed by atoms with Crippen molar-refractivity contribution in [3.63, 3.8) is 0 Å². The number of fused-ring (bicyclic) bond motifs is 2. The first-order chi connectivity index (χ1) is 14.2. The fourth-order valence-electron chi connectivity index (χ4n) is 3.49. The first-order valence-corrected chi connectivity index (χ1v) is 10.00. The molecule has 0 saturated heterocycles. The molecule has 0 bridgehead atoms. The summed E-state index contributed by atoms with van der Waals surface area (Å²) in [5.74, 6) is 2.04. The molecule has 1 aliphatic heterocycles. The van der Waals surface area contributed by atoms with Gasteiger partial charge in [0.15, 0.2) is 17.6 Å². The highest BCUT2D eigenvalue weighted by Gasteiger charge is 2.22. The minimum atomic E-state index is -0.569. The maximum atomic E-state index is 12.9. The first-order valence-electron chi connectivity index (χ1n) is 10.00. The van der Waals surface area contributed by atoms with Crippen molar-refractivity contribution in [2.45, 2.75) is 32.4 Å². The van der Waals surface area contributed by atoms with Crippen LogP contribution in [0.2, 0.25) is 0 Å². The Morgan fingerprint density at radius 3 is 2.62 bits per heavy atom. The Hall–Kier alpha value is -3.21. The number of carbonyl (C=O) groups excluding carboxylic acids is 1. The van der Waals surface area contributed by atoms with Crippen LogP contribution in [0, 0.1) is 0 Å². The van der Waals surface area contributed by atoms with Crippen LogP contribution in [0.4, 0.5) is 0 Å². The fourth-order valence-corrected chi connectivity index (χ4v) is 3.49. The topological polar surface area (TPSA) is 56.8 Å². The highest BCUT2D eigenvalue weighted by atomic mass is 16.6. The minimum absolute atomic E-state index is 0.136. The van der Waals surface area contributed by atoms with Crippen LogP contribution in [-0.4, -0.2) is 25.2 Å². The van der Waals surface area contributed by atoms with Crippen LogP contribution in [-0.2, 0) is 4.79 Å². The van der Waals surface area contributed by atoms with Crippen LogP contribution < -0.4 is 19.5 Å². The zero-order chi connectivity index (χ0) is 20.2. The van der Waals surface area contributed by atoms with E-state index in [-0.39, 0.29) is 11.9 Å². The van der Waals surface area contributed by atoms with Crippen molar-refractivity contribution >= 4 is 16.7 Å². The largest absolute Gasteiger partial charge is 0.486 e. The second-order valence-electron chi connectivity index (χ2n) is 7.13. The second kappa shape index (κ2) is 8.43. The van der Waals surface area contributed by atoms with Crippen LogP contribution in [0.5, 0.6) is 17.2 Å². The predicted octanol–water partition coefficient (Wildman–Crippen LogP) is 4.65. The third-order valence-electron chi connectivity index (χ3n) is 5.11. The van der Waals surface area contributed by atoms with Gasteiger partial charge in [-0.25, -0.2) is 0 Å². The average Bonchev–Trinajstić information content (AvgIpc) is 2.77. The zero-order valence-electron chi connectivity index (χ0n) is 16.7. The van der Waals surface area contributed by atoms with Crippen LogP contribution in [0.3, 0.4) is 0 Å². The lowest BCUT2D eigenvalue weighted by Gasteiger charge is -2.23. The van der Waals surface area contributed by atoms with Crippen LogP contribution in [0.1, 0.15) is 31.9 Å². The molecule has 0 radical (unpaired) electrons. The number of amides is 1. The summed E-state index contributed by atoms with van der Waals surface area (Å²) in [5, 5.41) is 5.15. The van der Waals surface area contributed by atoms with Crippen molar-refractivity contribution in [1.29, 1.82) is 0 Å². The predicted molar refractivity (Wildman–Crippen MR) is 113 cm³/mol. The molecule has 29 heavy (non-hydrogen) atoms. The Balaban J connectivity index is 1.47. The van der Waals surface area contributed by atoms with E-state index in [2.05, 4.69) is 5.32 Å². The third-order valence-corrected chi connectivity index (χ3v) is 5.11. The standard InChI is InChI=1S/C24H25NO4/c1-3-20(29-21-10-6-8-17-7-4-5-9-19(17)21)24(26)25-16(2)18-11-12-22-23(15-18)28-14-13-27-22/h4-12,15-16,20H,3,13-14H2,1-2H3,(H,25,26)/t16-,20-/m1/s1. The molecule has 0 saturated carbocycles. The van der Waals surface area contributed by atoms with E-state index in [1.54, 1.807) is 0 Å². The Morgan fingerprint density at radius 2 is 1.79 bits per heavy atom. The lowest BCUT2D eigenvalue weighted by atomic mass is 10.1. The molecule has 0 aliphatic carbocycles. The number of benzene rings is 3. The van der Waals surface area contributed by atoms with Gasteiger partial charge in [0.1, 0.15) is 19.0 Å². The molecule has 0 spiro atoms. The van der Waals surface area contributed by atoms with E-state index in [1.807, 2.05) is 74.5 Å². The number of ether oxygens (including phenoxy) is 3. The molecule has 1 N–H and O–H groups in total. The smallest absolute Gasteiger partial charge is 0.261 e. The summed E-state index contributed by atoms with van der Waals surface area (Å²) in [6, 6.07) is 19.5. The third kappa shape index (κ3) is 4.14. The molecule has 1 amide bonds. The normalized spacial score (nSPS) is 14.8. The molecule has 0 aromatic heterocycles. The molecular formula is C24H25NO4. The second-order valence-corrected chi connectivity index (χ2v) is 7.13. The highest BCUT2D eigenvalue weighted by Crippen LogP contribution is 2.32. The number of hydrogen-bond donors (Lipinski definition) is 1. The van der Waals surface area contributed by atoms with E-state index in [4.69, 9.17) is 14.2 Å². The highest BCUT2D eigenvalue weighted by molar-refractivity contribution is 5.89. The maximum Gasteiger partial charge on any atom is 0.261 e. The molecule has 0 unspecified atom stereocenters. The van der Waals surface area contributed by atoms with Gasteiger partial charge in [-0.05, 0) is 42.5 Å². The van der Waals surface area contributed by atoms with Crippen molar-refractivity contribution in [1.82, 2.24) is 5.32 Å². The van der Waals surface area contributed by atoms with Gasteiger partial charge >= 0.3 is 0 Å². The van der Waals surface area contributed by atoms with Gasteiger partial charge < -0.3 is 19.5 Å². The molecule has 1 aliphatic rings. The molecule has 2 atom stereocenters. The van der Waals surface area contributed by atoms with Gasteiger partial charge in [0.05, 0.1) is 6.04 Å². The summed E-state index contributed by atoms with van der Waals surface area (Å²) in [4.78, 5) is 12.9. The molecule has 150 valence electrons. The Bertz CT molecular complexity index is 1010. The van der Waals surface area contributed by atoms with E-state index in [0.717, 1.165) is 27.8 Å². The summed E-state index contributed by atoms with van der Waals surface area (Å²) in [5.41, 5.74) is 0.961. The van der Waals surface area contributed by atoms with Crippen LogP contribution >= 0.6 is 0 Å². The van der Waals surface area contributed by atoms with Gasteiger partial charge in [0.2, 0.25) is 0 Å². The summed E-state index contributed by atoms with van der Waals surface area (Å²) in [7, 11) is 0. The molecule has 3 aromatic carbocycles. The van der Waals surface area contributed by atoms with Gasteiger partial charge in [0, 0.05) is 5.39 Å². The molecule has 3 aromatic rings. The molecule has 5 heteroatoms. The minimum Gasteiger partial charge on any atom is -0.486 e. The van der Waals surface area contributed by atoms with Crippen LogP contribution in [0.25, 0.3) is 10.8 Å². The molecule has 4 rings (SSSR count). The molecule has 0 fully saturated rings. The number of rotatable bonds is 6. The van der Waals surface area contributed by atoms with Crippen molar-refractivity contribution in [3.05, 3.63) is 66.2 Å². The van der Waals surface area contributed by atoms with E-state index in [9.17, 15) is 4.79 Å². The van der Waals surface area contributed by atoms with E-state index in [1.165, 1.54) is 0 Å². The summed E-state index contributed by atoms with van der Waals surface area (Å²) in [6.07, 6.45) is 0.00332. The van der Waals surface area contributed by atoms with E-state index in [0.29, 0.717) is 25.4 Å². The van der Waals surface area contributed by atoms with Crippen LogP contribution in [0.15, 0.2) is 60.7 Å². The fraction of sp³-hybridized carbons (Fsp3) is 0.292. The number of carbonyl (C=O) groups is 1. The molecule has 1 heterocycles. The quantitative estimate of drug-likeness (QED) is 0.665. The van der Waals surface area contributed by atoms with Crippen molar-refractivity contribution in [2.24, 2.45) is 0 Å². The van der Waals surface area contributed by atoms with Crippen molar-refractivity contribution in [2.75, 3.05) is 13.2 Å². The Kier molecular flexibility index (Phi) is 5.56. The Morgan fingerprint density at radius 1 is 1.03 bits per heavy atom. The maximum absolute atomic E-state index is 12.9. The summed E-state index contributed by atoms with van der Waals surface area (Å²) >= 11 is 0. The van der Waals surface area contributed by atoms with Gasteiger partial charge in [-0.1, -0.05) is 49.4 Å². The van der Waals surface area contributed by atoms with Crippen molar-refractivity contribution < 1.29 is 19.0 Å². The first kappa shape index (κ1) is 19.1. The van der Waals surface area contributed by atoms with E-state index < -0.39 is 6.10 Å². The molecular weight excluding hydrogens is 366 g/mol. The summed E-state index contributed by atoms with van der Waals surface area (Å²) < 4.78 is 17.3. The number of nitrogens with one attached hydrogen (secondary N) is 1. The lowest BCUT2D eigenvalue weighted by molar-refractivity contribution is -0.128. The van der Waals surface area contributed by atoms with Gasteiger partial charge in [0.25, 0.3) is 5.91 Å². The Labute approximate surface area is 170 Å². The van der Waals surface area contributed by atoms with Gasteiger partial charge in [-0.2, -0.15) is 0 Å². The van der Waals surface area contributed by atoms with Crippen molar-refractivity contribution in [3.8, 4) is 17.2 Å². The van der Waals surface area contributed by atoms with Gasteiger partial charge in [-0.3, -0.25) is 4.79 Å². The lowest BCUT2D eigenvalue weighted by Crippen LogP contribution is -2.39. The molecule has 5 nitrogen and oxygen atoms in total. The zero-order valence-corrected chi connectivity index (χ0v) is 16.7. The van der Waals surface area contributed by atoms with E-state index >= 15 is 0 Å². The number of hydrogen-bond acceptors (Lipinski definition) is 4. The SMILES string of the molecule is CC[C@@H](Oc1cccc2ccccc12)C(=O)N[C@H](C)c1ccc2c(c1)OCCO2. The average molecular weight is 391 g/mol.